The lowest BCUT2D eigenvalue weighted by Crippen LogP contribution is -2.26. The quantitative estimate of drug-likeness (QED) is 0.791. The Balaban J connectivity index is 2.09. The van der Waals surface area contributed by atoms with Crippen molar-refractivity contribution in [2.45, 2.75) is 38.1 Å². The fourth-order valence-corrected chi connectivity index (χ4v) is 2.46. The van der Waals surface area contributed by atoms with Gasteiger partial charge in [0.15, 0.2) is 11.2 Å². The van der Waals surface area contributed by atoms with Crippen molar-refractivity contribution in [2.75, 3.05) is 0 Å². The van der Waals surface area contributed by atoms with Crippen molar-refractivity contribution in [1.82, 2.24) is 19.5 Å². The summed E-state index contributed by atoms with van der Waals surface area (Å²) in [5.74, 6) is 0. The second-order valence-corrected chi connectivity index (χ2v) is 4.35. The Kier molecular flexibility index (Phi) is 2.23. The molecule has 0 aliphatic heterocycles. The summed E-state index contributed by atoms with van der Waals surface area (Å²) in [6.07, 6.45) is 9.02. The molecule has 0 aromatic carbocycles. The van der Waals surface area contributed by atoms with Gasteiger partial charge in [-0.15, -0.1) is 0 Å². The summed E-state index contributed by atoms with van der Waals surface area (Å²) in [5, 5.41) is 0. The predicted octanol–water partition coefficient (Wildman–Crippen LogP) is 1.62. The van der Waals surface area contributed by atoms with Crippen molar-refractivity contribution in [3.05, 3.63) is 23.0 Å². The van der Waals surface area contributed by atoms with Crippen LogP contribution in [-0.2, 0) is 0 Å². The average molecular weight is 218 g/mol. The Morgan fingerprint density at radius 2 is 2.06 bits per heavy atom. The Bertz CT molecular complexity index is 550. The van der Waals surface area contributed by atoms with E-state index in [4.69, 9.17) is 0 Å². The predicted molar refractivity (Wildman–Crippen MR) is 60.3 cm³/mol. The highest BCUT2D eigenvalue weighted by molar-refractivity contribution is 5.67. The number of aromatic amines is 1. The van der Waals surface area contributed by atoms with Crippen LogP contribution >= 0.6 is 0 Å². The maximum absolute atomic E-state index is 12.1. The highest BCUT2D eigenvalue weighted by atomic mass is 16.1. The first-order chi connectivity index (χ1) is 7.86. The number of nitrogens with zero attached hydrogens (tertiary/aromatic N) is 3. The topological polar surface area (TPSA) is 63.6 Å². The molecule has 1 aliphatic rings. The Morgan fingerprint density at radius 3 is 2.88 bits per heavy atom. The SMILES string of the molecule is O=c1c2[nH]cnc2ncn1C1CCCCC1. The monoisotopic (exact) mass is 218 g/mol. The molecule has 2 aromatic rings. The molecule has 2 aromatic heterocycles. The molecule has 5 heteroatoms. The van der Waals surface area contributed by atoms with Crippen LogP contribution in [0.5, 0.6) is 0 Å². The van der Waals surface area contributed by atoms with E-state index in [-0.39, 0.29) is 5.56 Å². The summed E-state index contributed by atoms with van der Waals surface area (Å²) in [4.78, 5) is 23.2. The Labute approximate surface area is 92.5 Å². The molecule has 0 saturated heterocycles. The first-order valence-electron chi connectivity index (χ1n) is 5.76. The van der Waals surface area contributed by atoms with E-state index in [0.717, 1.165) is 12.8 Å². The van der Waals surface area contributed by atoms with E-state index in [1.54, 1.807) is 10.9 Å². The summed E-state index contributed by atoms with van der Waals surface area (Å²) in [6, 6.07) is 0.321. The Hall–Kier alpha value is -1.65. The largest absolute Gasteiger partial charge is 0.339 e. The van der Waals surface area contributed by atoms with E-state index < -0.39 is 0 Å². The standard InChI is InChI=1S/C11H14N4O/c16-11-9-10(13-6-12-9)14-7-15(11)8-4-2-1-3-5-8/h6-8H,1-5H2,(H,12,13). The highest BCUT2D eigenvalue weighted by Gasteiger charge is 2.17. The van der Waals surface area contributed by atoms with Gasteiger partial charge in [0.25, 0.3) is 5.56 Å². The third kappa shape index (κ3) is 1.43. The molecule has 5 nitrogen and oxygen atoms in total. The lowest BCUT2D eigenvalue weighted by Gasteiger charge is -2.23. The van der Waals surface area contributed by atoms with Crippen molar-refractivity contribution >= 4 is 11.2 Å². The van der Waals surface area contributed by atoms with Crippen molar-refractivity contribution in [1.29, 1.82) is 0 Å². The minimum atomic E-state index is 0.00870. The average Bonchev–Trinajstić information content (AvgIpc) is 2.80. The molecule has 0 bridgehead atoms. The van der Waals surface area contributed by atoms with Crippen LogP contribution in [0, 0.1) is 0 Å². The molecular weight excluding hydrogens is 204 g/mol. The van der Waals surface area contributed by atoms with Crippen LogP contribution in [0.3, 0.4) is 0 Å². The third-order valence-corrected chi connectivity index (χ3v) is 3.34. The second kappa shape index (κ2) is 3.73. The first-order valence-corrected chi connectivity index (χ1v) is 5.76. The molecule has 84 valence electrons. The number of hydrogen-bond acceptors (Lipinski definition) is 3. The van der Waals surface area contributed by atoms with Crippen LogP contribution in [0.1, 0.15) is 38.1 Å². The molecular formula is C11H14N4O. The number of fused-ring (bicyclic) bond motifs is 1. The zero-order valence-corrected chi connectivity index (χ0v) is 9.02. The second-order valence-electron chi connectivity index (χ2n) is 4.35. The zero-order valence-electron chi connectivity index (χ0n) is 9.02. The van der Waals surface area contributed by atoms with E-state index >= 15 is 0 Å². The lowest BCUT2D eigenvalue weighted by molar-refractivity contribution is 0.345. The van der Waals surface area contributed by atoms with Gasteiger partial charge in [0.2, 0.25) is 0 Å². The number of hydrogen-bond donors (Lipinski definition) is 1. The maximum atomic E-state index is 12.1. The summed E-state index contributed by atoms with van der Waals surface area (Å²) in [7, 11) is 0. The van der Waals surface area contributed by atoms with Gasteiger partial charge in [-0.05, 0) is 12.8 Å². The number of rotatable bonds is 1. The zero-order chi connectivity index (χ0) is 11.0. The van der Waals surface area contributed by atoms with Gasteiger partial charge in [-0.25, -0.2) is 9.97 Å². The van der Waals surface area contributed by atoms with Crippen molar-refractivity contribution < 1.29 is 0 Å². The summed E-state index contributed by atoms with van der Waals surface area (Å²) >= 11 is 0. The van der Waals surface area contributed by atoms with Crippen molar-refractivity contribution in [3.63, 3.8) is 0 Å². The summed E-state index contributed by atoms with van der Waals surface area (Å²) in [6.45, 7) is 0. The molecule has 1 fully saturated rings. The molecule has 2 heterocycles. The molecule has 0 unspecified atom stereocenters. The molecule has 0 spiro atoms. The van der Waals surface area contributed by atoms with Crippen LogP contribution in [0.15, 0.2) is 17.4 Å². The first kappa shape index (κ1) is 9.57. The fraction of sp³-hybridized carbons (Fsp3) is 0.545. The molecule has 1 saturated carbocycles. The van der Waals surface area contributed by atoms with Gasteiger partial charge < -0.3 is 4.98 Å². The van der Waals surface area contributed by atoms with Crippen LogP contribution in [-0.4, -0.2) is 19.5 Å². The molecule has 0 radical (unpaired) electrons. The highest BCUT2D eigenvalue weighted by Crippen LogP contribution is 2.26. The fourth-order valence-electron chi connectivity index (χ4n) is 2.46. The molecule has 1 aliphatic carbocycles. The van der Waals surface area contributed by atoms with Gasteiger partial charge in [-0.1, -0.05) is 19.3 Å². The van der Waals surface area contributed by atoms with E-state index in [0.29, 0.717) is 17.2 Å². The number of aromatic nitrogens is 4. The van der Waals surface area contributed by atoms with Crippen LogP contribution in [0.4, 0.5) is 0 Å². The van der Waals surface area contributed by atoms with Gasteiger partial charge in [0.05, 0.1) is 6.33 Å². The van der Waals surface area contributed by atoms with E-state index in [2.05, 4.69) is 15.0 Å². The number of imidazole rings is 1. The van der Waals surface area contributed by atoms with E-state index in [1.165, 1.54) is 25.6 Å². The van der Waals surface area contributed by atoms with Crippen LogP contribution < -0.4 is 5.56 Å². The molecule has 1 N–H and O–H groups in total. The van der Waals surface area contributed by atoms with Crippen LogP contribution in [0.25, 0.3) is 11.2 Å². The van der Waals surface area contributed by atoms with Crippen LogP contribution in [0.2, 0.25) is 0 Å². The Morgan fingerprint density at radius 1 is 1.25 bits per heavy atom. The lowest BCUT2D eigenvalue weighted by atomic mass is 9.95. The molecule has 3 rings (SSSR count). The van der Waals surface area contributed by atoms with Gasteiger partial charge in [-0.3, -0.25) is 9.36 Å². The summed E-state index contributed by atoms with van der Waals surface area (Å²) < 4.78 is 1.76. The molecule has 0 atom stereocenters. The van der Waals surface area contributed by atoms with Gasteiger partial charge >= 0.3 is 0 Å². The molecule has 0 amide bonds. The number of H-pyrrole nitrogens is 1. The van der Waals surface area contributed by atoms with Gasteiger partial charge in [0, 0.05) is 6.04 Å². The van der Waals surface area contributed by atoms with Gasteiger partial charge in [-0.2, -0.15) is 0 Å². The normalized spacial score (nSPS) is 18.0. The van der Waals surface area contributed by atoms with E-state index in [9.17, 15) is 4.79 Å². The van der Waals surface area contributed by atoms with Crippen molar-refractivity contribution in [3.8, 4) is 0 Å². The third-order valence-electron chi connectivity index (χ3n) is 3.34. The minimum Gasteiger partial charge on any atom is -0.339 e. The van der Waals surface area contributed by atoms with E-state index in [1.807, 2.05) is 0 Å². The smallest absolute Gasteiger partial charge is 0.279 e. The number of nitrogens with one attached hydrogen (secondary N) is 1. The molecule has 16 heavy (non-hydrogen) atoms. The van der Waals surface area contributed by atoms with Gasteiger partial charge in [0.1, 0.15) is 6.33 Å². The summed E-state index contributed by atoms with van der Waals surface area (Å²) in [5.41, 5.74) is 1.04. The maximum Gasteiger partial charge on any atom is 0.279 e. The van der Waals surface area contributed by atoms with Crippen molar-refractivity contribution in [2.24, 2.45) is 0 Å². The minimum absolute atomic E-state index is 0.00870.